The maximum Gasteiger partial charge on any atom is 0.272 e. The summed E-state index contributed by atoms with van der Waals surface area (Å²) < 4.78 is 20.1. The van der Waals surface area contributed by atoms with Crippen LogP contribution in [-0.4, -0.2) is 33.6 Å². The quantitative estimate of drug-likeness (QED) is 0.443. The van der Waals surface area contributed by atoms with Crippen LogP contribution in [-0.2, 0) is 11.2 Å². The Balaban J connectivity index is 1.62. The third kappa shape index (κ3) is 4.62. The summed E-state index contributed by atoms with van der Waals surface area (Å²) in [6.45, 7) is 2.04. The van der Waals surface area contributed by atoms with Crippen LogP contribution in [0.15, 0.2) is 63.4 Å². The van der Waals surface area contributed by atoms with E-state index < -0.39 is 0 Å². The Kier molecular flexibility index (Phi) is 6.33. The minimum Gasteiger partial charge on any atom is -0.495 e. The lowest BCUT2D eigenvalue weighted by atomic mass is 10.2. The Hall–Kier alpha value is -2.78. The maximum atomic E-state index is 13.4. The van der Waals surface area contributed by atoms with Crippen LogP contribution in [0.4, 0.5) is 10.1 Å². The molecule has 0 spiro atoms. The molecule has 1 atom stereocenters. The number of carbonyl (C=O) groups is 1. The normalized spacial score (nSPS) is 14.9. The molecule has 3 aromatic rings. The standard InChI is InChI=1S/C22H20FN3O3S2/c1-13-11-17-20(31-13)21(28)26(15-9-7-14(23)8-10-15)22(25-17)30-12-19(27)24-16-5-3-4-6-18(16)29-2/h3-10,13H,11-12H2,1-2H3,(H,24,27). The van der Waals surface area contributed by atoms with Gasteiger partial charge in [-0.25, -0.2) is 9.37 Å². The number of carbonyl (C=O) groups excluding carboxylic acids is 1. The number of nitrogens with zero attached hydrogens (tertiary/aromatic N) is 2. The molecule has 6 nitrogen and oxygen atoms in total. The topological polar surface area (TPSA) is 73.2 Å². The zero-order valence-electron chi connectivity index (χ0n) is 16.9. The molecule has 0 saturated heterocycles. The Morgan fingerprint density at radius 3 is 2.77 bits per heavy atom. The number of methoxy groups -OCH3 is 1. The molecule has 0 fully saturated rings. The van der Waals surface area contributed by atoms with Gasteiger partial charge in [0.1, 0.15) is 11.6 Å². The summed E-state index contributed by atoms with van der Waals surface area (Å²) in [6.07, 6.45) is 0.695. The van der Waals surface area contributed by atoms with Gasteiger partial charge in [0.2, 0.25) is 5.91 Å². The number of hydrogen-bond donors (Lipinski definition) is 1. The van der Waals surface area contributed by atoms with Gasteiger partial charge in [0, 0.05) is 11.7 Å². The molecule has 31 heavy (non-hydrogen) atoms. The van der Waals surface area contributed by atoms with Gasteiger partial charge in [-0.3, -0.25) is 14.2 Å². The monoisotopic (exact) mass is 457 g/mol. The fourth-order valence-corrected chi connectivity index (χ4v) is 5.20. The first-order chi connectivity index (χ1) is 15.0. The number of hydrogen-bond acceptors (Lipinski definition) is 6. The van der Waals surface area contributed by atoms with Gasteiger partial charge in [0.05, 0.1) is 34.8 Å². The van der Waals surface area contributed by atoms with Gasteiger partial charge in [-0.2, -0.15) is 0 Å². The number of para-hydroxylation sites is 2. The first-order valence-corrected chi connectivity index (χ1v) is 11.5. The highest BCUT2D eigenvalue weighted by atomic mass is 32.2. The van der Waals surface area contributed by atoms with E-state index in [4.69, 9.17) is 4.74 Å². The summed E-state index contributed by atoms with van der Waals surface area (Å²) in [6, 6.07) is 12.8. The van der Waals surface area contributed by atoms with Crippen molar-refractivity contribution < 1.29 is 13.9 Å². The predicted octanol–water partition coefficient (Wildman–Crippen LogP) is 4.15. The van der Waals surface area contributed by atoms with E-state index in [-0.39, 0.29) is 28.3 Å². The van der Waals surface area contributed by atoms with Gasteiger partial charge < -0.3 is 10.1 Å². The Bertz CT molecular complexity index is 1180. The number of rotatable bonds is 6. The van der Waals surface area contributed by atoms with Gasteiger partial charge in [0.25, 0.3) is 5.56 Å². The smallest absolute Gasteiger partial charge is 0.272 e. The molecule has 1 unspecified atom stereocenters. The van der Waals surface area contributed by atoms with Gasteiger partial charge >= 0.3 is 0 Å². The molecule has 1 aromatic heterocycles. The summed E-state index contributed by atoms with van der Waals surface area (Å²) in [5, 5.41) is 3.48. The fourth-order valence-electron chi connectivity index (χ4n) is 3.28. The second-order valence-corrected chi connectivity index (χ2v) is 9.35. The third-order valence-electron chi connectivity index (χ3n) is 4.68. The molecule has 0 saturated carbocycles. The number of fused-ring (bicyclic) bond motifs is 1. The van der Waals surface area contributed by atoms with Crippen LogP contribution >= 0.6 is 23.5 Å². The Labute approximate surface area is 187 Å². The molecule has 160 valence electrons. The number of ether oxygens (including phenoxy) is 1. The van der Waals surface area contributed by atoms with Crippen molar-refractivity contribution in [2.75, 3.05) is 18.2 Å². The van der Waals surface area contributed by atoms with Crippen LogP contribution in [0.1, 0.15) is 12.6 Å². The van der Waals surface area contributed by atoms with Crippen LogP contribution in [0, 0.1) is 5.82 Å². The van der Waals surface area contributed by atoms with Crippen molar-refractivity contribution in [3.8, 4) is 11.4 Å². The summed E-state index contributed by atoms with van der Waals surface area (Å²) in [4.78, 5) is 31.1. The molecular formula is C22H20FN3O3S2. The molecule has 2 heterocycles. The number of thioether (sulfide) groups is 2. The molecular weight excluding hydrogens is 437 g/mol. The van der Waals surface area contributed by atoms with Crippen molar-refractivity contribution in [1.29, 1.82) is 0 Å². The molecule has 1 aliphatic rings. The molecule has 1 aliphatic heterocycles. The van der Waals surface area contributed by atoms with Crippen molar-refractivity contribution in [3.05, 3.63) is 70.4 Å². The molecule has 2 aromatic carbocycles. The highest BCUT2D eigenvalue weighted by molar-refractivity contribution is 8.00. The number of benzene rings is 2. The third-order valence-corrected chi connectivity index (χ3v) is 6.83. The number of anilines is 1. The van der Waals surface area contributed by atoms with Gasteiger partial charge in [-0.15, -0.1) is 11.8 Å². The molecule has 0 aliphatic carbocycles. The molecule has 4 rings (SSSR count). The highest BCUT2D eigenvalue weighted by Gasteiger charge is 2.27. The second kappa shape index (κ2) is 9.15. The Morgan fingerprint density at radius 1 is 1.29 bits per heavy atom. The van der Waals surface area contributed by atoms with Gasteiger partial charge in [-0.05, 0) is 36.4 Å². The minimum absolute atomic E-state index is 0.0488. The van der Waals surface area contributed by atoms with E-state index in [9.17, 15) is 14.0 Å². The Morgan fingerprint density at radius 2 is 2.03 bits per heavy atom. The van der Waals surface area contributed by atoms with Crippen LogP contribution in [0.25, 0.3) is 5.69 Å². The molecule has 9 heteroatoms. The van der Waals surface area contributed by atoms with Gasteiger partial charge in [-0.1, -0.05) is 30.8 Å². The SMILES string of the molecule is COc1ccccc1NC(=O)CSc1nc2c(c(=O)n1-c1ccc(F)cc1)SC(C)C2. The van der Waals surface area contributed by atoms with Crippen molar-refractivity contribution >= 4 is 35.1 Å². The number of amides is 1. The van der Waals surface area contributed by atoms with E-state index in [0.29, 0.717) is 33.6 Å². The first-order valence-electron chi connectivity index (χ1n) is 9.60. The summed E-state index contributed by atoms with van der Waals surface area (Å²) in [7, 11) is 1.54. The van der Waals surface area contributed by atoms with E-state index in [1.807, 2.05) is 13.0 Å². The largest absolute Gasteiger partial charge is 0.495 e. The van der Waals surface area contributed by atoms with Crippen LogP contribution in [0.2, 0.25) is 0 Å². The van der Waals surface area contributed by atoms with Crippen molar-refractivity contribution in [1.82, 2.24) is 9.55 Å². The van der Waals surface area contributed by atoms with Crippen LogP contribution in [0.5, 0.6) is 5.75 Å². The van der Waals surface area contributed by atoms with Crippen LogP contribution in [0.3, 0.4) is 0 Å². The molecule has 1 N–H and O–H groups in total. The predicted molar refractivity (Wildman–Crippen MR) is 121 cm³/mol. The molecule has 0 bridgehead atoms. The van der Waals surface area contributed by atoms with Crippen molar-refractivity contribution in [2.45, 2.75) is 28.6 Å². The number of nitrogens with one attached hydrogen (secondary N) is 1. The van der Waals surface area contributed by atoms with Crippen molar-refractivity contribution in [3.63, 3.8) is 0 Å². The lowest BCUT2D eigenvalue weighted by Gasteiger charge is -2.14. The number of halogens is 1. The van der Waals surface area contributed by atoms with E-state index in [1.54, 1.807) is 18.2 Å². The van der Waals surface area contributed by atoms with E-state index in [0.717, 1.165) is 17.5 Å². The summed E-state index contributed by atoms with van der Waals surface area (Å²) >= 11 is 2.66. The van der Waals surface area contributed by atoms with Crippen molar-refractivity contribution in [2.24, 2.45) is 0 Å². The maximum absolute atomic E-state index is 13.4. The average molecular weight is 458 g/mol. The summed E-state index contributed by atoms with van der Waals surface area (Å²) in [5.41, 5.74) is 1.63. The lowest BCUT2D eigenvalue weighted by Crippen LogP contribution is -2.24. The number of aromatic nitrogens is 2. The molecule has 0 radical (unpaired) electrons. The zero-order chi connectivity index (χ0) is 22.0. The van der Waals surface area contributed by atoms with E-state index in [1.165, 1.54) is 47.7 Å². The minimum atomic E-state index is -0.390. The lowest BCUT2D eigenvalue weighted by molar-refractivity contribution is -0.113. The van der Waals surface area contributed by atoms with E-state index in [2.05, 4.69) is 10.3 Å². The molecule has 1 amide bonds. The fraction of sp³-hybridized carbons (Fsp3) is 0.227. The first kappa shape index (κ1) is 21.5. The summed E-state index contributed by atoms with van der Waals surface area (Å²) in [5.74, 6) is -0.0321. The zero-order valence-corrected chi connectivity index (χ0v) is 18.6. The highest BCUT2D eigenvalue weighted by Crippen LogP contribution is 2.35. The van der Waals surface area contributed by atoms with Crippen LogP contribution < -0.4 is 15.6 Å². The second-order valence-electron chi connectivity index (χ2n) is 6.96. The van der Waals surface area contributed by atoms with E-state index >= 15 is 0 Å². The average Bonchev–Trinajstić information content (AvgIpc) is 3.14. The van der Waals surface area contributed by atoms with Gasteiger partial charge in [0.15, 0.2) is 5.16 Å².